The first-order chi connectivity index (χ1) is 10.6. The number of methoxy groups -OCH3 is 1. The van der Waals surface area contributed by atoms with Crippen molar-refractivity contribution >= 4 is 35.3 Å². The van der Waals surface area contributed by atoms with Crippen LogP contribution in [-0.4, -0.2) is 58.8 Å². The van der Waals surface area contributed by atoms with E-state index in [0.717, 1.165) is 0 Å². The van der Waals surface area contributed by atoms with E-state index in [1.807, 2.05) is 6.92 Å². The first kappa shape index (κ1) is 20.3. The van der Waals surface area contributed by atoms with Crippen LogP contribution in [0.2, 0.25) is 0 Å². The molecule has 23 heavy (non-hydrogen) atoms. The predicted molar refractivity (Wildman–Crippen MR) is 89.3 cm³/mol. The Balaban J connectivity index is 2.99. The van der Waals surface area contributed by atoms with Crippen molar-refractivity contribution in [2.24, 2.45) is 5.92 Å². The Morgan fingerprint density at radius 3 is 2.35 bits per heavy atom. The summed E-state index contributed by atoms with van der Waals surface area (Å²) in [5.41, 5.74) is -0.627. The molecule has 0 radical (unpaired) electrons. The topological polar surface area (TPSA) is 59.1 Å². The number of amides is 1. The largest absolute Gasteiger partial charge is 0.469 e. The van der Waals surface area contributed by atoms with E-state index in [4.69, 9.17) is 32.7 Å². The van der Waals surface area contributed by atoms with Gasteiger partial charge in [0.1, 0.15) is 5.60 Å². The number of esters is 1. The number of halogens is 2. The summed E-state index contributed by atoms with van der Waals surface area (Å²) in [5, 5.41) is 0. The van der Waals surface area contributed by atoms with Crippen molar-refractivity contribution in [3.63, 3.8) is 0 Å². The van der Waals surface area contributed by atoms with E-state index in [2.05, 4.69) is 0 Å². The van der Waals surface area contributed by atoms with Gasteiger partial charge in [-0.1, -0.05) is 30.1 Å². The summed E-state index contributed by atoms with van der Waals surface area (Å²) in [6.07, 6.45) is 0.385. The van der Waals surface area contributed by atoms with E-state index < -0.39 is 16.7 Å². The molecule has 1 aliphatic heterocycles. The Morgan fingerprint density at radius 2 is 1.91 bits per heavy atom. The summed E-state index contributed by atoms with van der Waals surface area (Å²) in [5.74, 6) is -0.695. The van der Waals surface area contributed by atoms with Gasteiger partial charge in [0.2, 0.25) is 0 Å². The first-order valence-electron chi connectivity index (χ1n) is 7.72. The summed E-state index contributed by atoms with van der Waals surface area (Å²) < 4.78 is 10.3. The van der Waals surface area contributed by atoms with Crippen LogP contribution in [0.1, 0.15) is 40.5 Å². The number of nitrogens with zero attached hydrogens (tertiary/aromatic N) is 2. The fraction of sp³-hybridized carbons (Fsp3) is 0.867. The van der Waals surface area contributed by atoms with E-state index in [9.17, 15) is 9.59 Å². The molecule has 0 aliphatic carbocycles. The molecule has 1 fully saturated rings. The van der Waals surface area contributed by atoms with Crippen molar-refractivity contribution in [2.45, 2.75) is 57.3 Å². The van der Waals surface area contributed by atoms with Crippen LogP contribution < -0.4 is 0 Å². The Labute approximate surface area is 148 Å². The fourth-order valence-corrected chi connectivity index (χ4v) is 3.19. The Hall–Kier alpha value is -0.720. The number of alkyl halides is 2. The van der Waals surface area contributed by atoms with E-state index in [1.54, 1.807) is 25.7 Å². The molecule has 8 heteroatoms. The number of carbonyl (C=O) groups excluding carboxylic acids is 2. The lowest BCUT2D eigenvalue weighted by Crippen LogP contribution is -2.58. The molecule has 1 aliphatic rings. The van der Waals surface area contributed by atoms with Crippen LogP contribution >= 0.6 is 23.2 Å². The number of hydrogen-bond donors (Lipinski definition) is 0. The molecule has 0 N–H and O–H groups in total. The van der Waals surface area contributed by atoms with Gasteiger partial charge in [0.15, 0.2) is 4.96 Å². The van der Waals surface area contributed by atoms with Gasteiger partial charge in [-0.15, -0.1) is 0 Å². The standard InChI is InChI=1S/C15H26Cl2N2O4/c1-6-18(13(16)17)11-8-7-10(12(20)22-5)9-19(11)14(21)23-15(2,3)4/h10-11,13H,6-9H2,1-5H3/t10-,11-/m1/s1. The van der Waals surface area contributed by atoms with Crippen LogP contribution in [0.25, 0.3) is 0 Å². The van der Waals surface area contributed by atoms with E-state index in [0.29, 0.717) is 19.4 Å². The Kier molecular flexibility index (Phi) is 7.42. The quantitative estimate of drug-likeness (QED) is 0.433. The van der Waals surface area contributed by atoms with Gasteiger partial charge in [-0.25, -0.2) is 4.79 Å². The van der Waals surface area contributed by atoms with Gasteiger partial charge in [-0.05, 0) is 40.2 Å². The third-order valence-corrected chi connectivity index (χ3v) is 4.21. The maximum absolute atomic E-state index is 12.6. The number of likely N-dealkylation sites (tertiary alicyclic amines) is 1. The van der Waals surface area contributed by atoms with Crippen molar-refractivity contribution in [1.29, 1.82) is 0 Å². The van der Waals surface area contributed by atoms with Crippen LogP contribution in [0.5, 0.6) is 0 Å². The first-order valence-corrected chi connectivity index (χ1v) is 8.59. The van der Waals surface area contributed by atoms with Crippen molar-refractivity contribution < 1.29 is 19.1 Å². The molecule has 2 atom stereocenters. The minimum Gasteiger partial charge on any atom is -0.469 e. The van der Waals surface area contributed by atoms with Gasteiger partial charge in [0, 0.05) is 6.54 Å². The zero-order valence-electron chi connectivity index (χ0n) is 14.3. The number of carbonyl (C=O) groups is 2. The lowest BCUT2D eigenvalue weighted by atomic mass is 9.95. The average molecular weight is 369 g/mol. The molecule has 1 rings (SSSR count). The zero-order chi connectivity index (χ0) is 17.8. The van der Waals surface area contributed by atoms with Crippen LogP contribution in [0.3, 0.4) is 0 Å². The summed E-state index contributed by atoms with van der Waals surface area (Å²) in [6, 6.07) is 0. The maximum atomic E-state index is 12.6. The zero-order valence-corrected chi connectivity index (χ0v) is 15.9. The van der Waals surface area contributed by atoms with Crippen LogP contribution in [0.15, 0.2) is 0 Å². The molecule has 0 aromatic carbocycles. The van der Waals surface area contributed by atoms with E-state index in [-0.39, 0.29) is 24.6 Å². The molecule has 1 heterocycles. The third kappa shape index (κ3) is 5.69. The number of rotatable bonds is 4. The SMILES string of the molecule is CCN(C(Cl)Cl)[C@H]1CC[C@@H](C(=O)OC)CN1C(=O)OC(C)(C)C. The highest BCUT2D eigenvalue weighted by molar-refractivity contribution is 6.43. The summed E-state index contributed by atoms with van der Waals surface area (Å²) in [6.45, 7) is 8.10. The van der Waals surface area contributed by atoms with Gasteiger partial charge >= 0.3 is 12.1 Å². The predicted octanol–water partition coefficient (Wildman–Crippen LogP) is 3.22. The fourth-order valence-electron chi connectivity index (χ4n) is 2.66. The van der Waals surface area contributed by atoms with Gasteiger partial charge in [-0.2, -0.15) is 0 Å². The lowest BCUT2D eigenvalue weighted by molar-refractivity contribution is -0.148. The molecular weight excluding hydrogens is 343 g/mol. The number of ether oxygens (including phenoxy) is 2. The van der Waals surface area contributed by atoms with Gasteiger partial charge in [-0.3, -0.25) is 14.6 Å². The Bertz CT molecular complexity index is 426. The number of piperidine rings is 1. The van der Waals surface area contributed by atoms with E-state index in [1.165, 1.54) is 12.0 Å². The summed E-state index contributed by atoms with van der Waals surface area (Å²) in [4.78, 5) is 27.0. The highest BCUT2D eigenvalue weighted by Crippen LogP contribution is 2.29. The third-order valence-electron chi connectivity index (χ3n) is 3.71. The monoisotopic (exact) mass is 368 g/mol. The Morgan fingerprint density at radius 1 is 1.30 bits per heavy atom. The summed E-state index contributed by atoms with van der Waals surface area (Å²) in [7, 11) is 1.35. The van der Waals surface area contributed by atoms with Gasteiger partial charge in [0.05, 0.1) is 19.2 Å². The second kappa shape index (κ2) is 8.40. The average Bonchev–Trinajstić information content (AvgIpc) is 2.45. The molecule has 0 bridgehead atoms. The van der Waals surface area contributed by atoms with E-state index >= 15 is 0 Å². The van der Waals surface area contributed by atoms with Gasteiger partial charge < -0.3 is 9.47 Å². The minimum absolute atomic E-state index is 0.225. The molecule has 6 nitrogen and oxygen atoms in total. The minimum atomic E-state index is -0.746. The van der Waals surface area contributed by atoms with Gasteiger partial charge in [0.25, 0.3) is 0 Å². The van der Waals surface area contributed by atoms with Crippen molar-refractivity contribution in [2.75, 3.05) is 20.2 Å². The normalized spacial score (nSPS) is 22.4. The number of hydrogen-bond acceptors (Lipinski definition) is 5. The highest BCUT2D eigenvalue weighted by atomic mass is 35.5. The summed E-state index contributed by atoms with van der Waals surface area (Å²) >= 11 is 12.1. The maximum Gasteiger partial charge on any atom is 0.411 e. The molecule has 0 unspecified atom stereocenters. The van der Waals surface area contributed by atoms with Crippen molar-refractivity contribution in [3.05, 3.63) is 0 Å². The molecule has 0 aromatic rings. The van der Waals surface area contributed by atoms with Crippen molar-refractivity contribution in [3.8, 4) is 0 Å². The molecule has 0 aromatic heterocycles. The molecular formula is C15H26Cl2N2O4. The lowest BCUT2D eigenvalue weighted by Gasteiger charge is -2.44. The van der Waals surface area contributed by atoms with Crippen molar-refractivity contribution in [1.82, 2.24) is 9.80 Å². The smallest absolute Gasteiger partial charge is 0.411 e. The second-order valence-electron chi connectivity index (χ2n) is 6.52. The van der Waals surface area contributed by atoms with Crippen LogP contribution in [-0.2, 0) is 14.3 Å². The second-order valence-corrected chi connectivity index (χ2v) is 7.57. The molecule has 0 saturated carbocycles. The van der Waals surface area contributed by atoms with Crippen LogP contribution in [0.4, 0.5) is 4.79 Å². The van der Waals surface area contributed by atoms with Crippen LogP contribution in [0, 0.1) is 5.92 Å². The highest BCUT2D eigenvalue weighted by Gasteiger charge is 2.40. The molecule has 1 amide bonds. The molecule has 134 valence electrons. The molecule has 1 saturated heterocycles. The molecule has 0 spiro atoms.